The van der Waals surface area contributed by atoms with Crippen molar-refractivity contribution in [1.29, 1.82) is 0 Å². The van der Waals surface area contributed by atoms with Gasteiger partial charge in [-0.3, -0.25) is 9.10 Å². The molecule has 0 aliphatic rings. The molecule has 1 amide bonds. The van der Waals surface area contributed by atoms with Gasteiger partial charge in [-0.05, 0) is 66.9 Å². The zero-order valence-corrected chi connectivity index (χ0v) is 19.4. The van der Waals surface area contributed by atoms with Crippen molar-refractivity contribution >= 4 is 50.5 Å². The van der Waals surface area contributed by atoms with E-state index in [-0.39, 0.29) is 10.6 Å². The van der Waals surface area contributed by atoms with Gasteiger partial charge in [0.05, 0.1) is 10.6 Å². The maximum absolute atomic E-state index is 13.4. The van der Waals surface area contributed by atoms with E-state index in [9.17, 15) is 13.2 Å². The summed E-state index contributed by atoms with van der Waals surface area (Å²) in [6.07, 6.45) is 0.734. The van der Waals surface area contributed by atoms with Crippen LogP contribution in [0, 0.1) is 6.92 Å². The summed E-state index contributed by atoms with van der Waals surface area (Å²) >= 11 is 12.0. The Labute approximate surface area is 192 Å². The number of carbonyl (C=O) groups is 1. The molecule has 0 aliphatic carbocycles. The van der Waals surface area contributed by atoms with Crippen LogP contribution in [0.4, 0.5) is 11.4 Å². The van der Waals surface area contributed by atoms with Gasteiger partial charge in [-0.1, -0.05) is 54.4 Å². The largest absolute Gasteiger partial charge is 0.324 e. The second kappa shape index (κ2) is 9.73. The molecule has 0 spiro atoms. The summed E-state index contributed by atoms with van der Waals surface area (Å²) in [5.41, 5.74) is 2.87. The zero-order chi connectivity index (χ0) is 22.6. The van der Waals surface area contributed by atoms with Crippen LogP contribution in [-0.2, 0) is 21.2 Å². The lowest BCUT2D eigenvalue weighted by molar-refractivity contribution is -0.114. The number of hydrogen-bond acceptors (Lipinski definition) is 3. The maximum Gasteiger partial charge on any atom is 0.264 e. The first-order valence-electron chi connectivity index (χ1n) is 9.64. The molecule has 162 valence electrons. The minimum Gasteiger partial charge on any atom is -0.324 e. The second-order valence-electron chi connectivity index (χ2n) is 6.96. The van der Waals surface area contributed by atoms with Gasteiger partial charge < -0.3 is 5.32 Å². The fourth-order valence-corrected chi connectivity index (χ4v) is 4.91. The summed E-state index contributed by atoms with van der Waals surface area (Å²) < 4.78 is 27.8. The first kappa shape index (κ1) is 23.1. The van der Waals surface area contributed by atoms with Crippen LogP contribution >= 0.6 is 23.2 Å². The molecule has 3 rings (SSSR count). The van der Waals surface area contributed by atoms with E-state index in [1.807, 2.05) is 32.0 Å². The highest BCUT2D eigenvalue weighted by Gasteiger charge is 2.27. The Balaban J connectivity index is 1.98. The lowest BCUT2D eigenvalue weighted by atomic mass is 10.1. The van der Waals surface area contributed by atoms with Crippen molar-refractivity contribution in [3.63, 3.8) is 0 Å². The molecule has 3 aromatic carbocycles. The normalized spacial score (nSPS) is 11.2. The van der Waals surface area contributed by atoms with Gasteiger partial charge in [0.1, 0.15) is 6.54 Å². The third-order valence-corrected chi connectivity index (χ3v) is 7.06. The molecule has 0 saturated heterocycles. The van der Waals surface area contributed by atoms with Gasteiger partial charge >= 0.3 is 0 Å². The van der Waals surface area contributed by atoms with Crippen LogP contribution in [0.25, 0.3) is 0 Å². The highest BCUT2D eigenvalue weighted by Crippen LogP contribution is 2.27. The minimum absolute atomic E-state index is 0.0230. The molecule has 0 saturated carbocycles. The van der Waals surface area contributed by atoms with Crippen molar-refractivity contribution < 1.29 is 13.2 Å². The molecule has 8 heteroatoms. The third-order valence-electron chi connectivity index (χ3n) is 4.79. The molecule has 0 unspecified atom stereocenters. The molecule has 5 nitrogen and oxygen atoms in total. The van der Waals surface area contributed by atoms with Crippen LogP contribution in [0.15, 0.2) is 71.6 Å². The average Bonchev–Trinajstić information content (AvgIpc) is 2.73. The number of halogens is 2. The predicted octanol–water partition coefficient (Wildman–Crippen LogP) is 5.70. The standard InChI is InChI=1S/C23H22Cl2N2O3S/c1-3-17-7-4-6-16(2)23(17)26-22(28)15-27(20-9-5-8-19(25)14-20)31(29,30)21-12-10-18(24)11-13-21/h4-14H,3,15H2,1-2H3,(H,26,28). The highest BCUT2D eigenvalue weighted by atomic mass is 35.5. The first-order valence-corrected chi connectivity index (χ1v) is 11.8. The SMILES string of the molecule is CCc1cccc(C)c1NC(=O)CN(c1cccc(Cl)c1)S(=O)(=O)c1ccc(Cl)cc1. The Bertz CT molecular complexity index is 1200. The van der Waals surface area contributed by atoms with Gasteiger partial charge in [-0.25, -0.2) is 8.42 Å². The molecule has 0 aromatic heterocycles. The van der Waals surface area contributed by atoms with Crippen LogP contribution in [0.3, 0.4) is 0 Å². The quantitative estimate of drug-likeness (QED) is 0.475. The van der Waals surface area contributed by atoms with E-state index >= 15 is 0 Å². The number of benzene rings is 3. The Morgan fingerprint density at radius 1 is 0.968 bits per heavy atom. The maximum atomic E-state index is 13.4. The molecule has 0 aliphatic heterocycles. The topological polar surface area (TPSA) is 66.5 Å². The molecule has 0 radical (unpaired) electrons. The van der Waals surface area contributed by atoms with E-state index in [1.165, 1.54) is 30.3 Å². The van der Waals surface area contributed by atoms with Gasteiger partial charge in [-0.15, -0.1) is 0 Å². The Morgan fingerprint density at radius 2 is 1.65 bits per heavy atom. The molecule has 3 aromatic rings. The molecule has 0 atom stereocenters. The van der Waals surface area contributed by atoms with E-state index < -0.39 is 22.5 Å². The van der Waals surface area contributed by atoms with Crippen molar-refractivity contribution in [3.8, 4) is 0 Å². The fourth-order valence-electron chi connectivity index (χ4n) is 3.19. The summed E-state index contributed by atoms with van der Waals surface area (Å²) in [6, 6.07) is 17.9. The number of sulfonamides is 1. The van der Waals surface area contributed by atoms with E-state index in [1.54, 1.807) is 18.2 Å². The Hall–Kier alpha value is -2.54. The number of rotatable bonds is 7. The van der Waals surface area contributed by atoms with Crippen molar-refractivity contribution in [2.75, 3.05) is 16.2 Å². The molecule has 0 fully saturated rings. The summed E-state index contributed by atoms with van der Waals surface area (Å²) in [4.78, 5) is 13.0. The van der Waals surface area contributed by atoms with Gasteiger partial charge in [0.2, 0.25) is 5.91 Å². The summed E-state index contributed by atoms with van der Waals surface area (Å²) in [7, 11) is -4.05. The number of anilines is 2. The molecule has 31 heavy (non-hydrogen) atoms. The zero-order valence-electron chi connectivity index (χ0n) is 17.1. The number of aryl methyl sites for hydroxylation is 2. The van der Waals surface area contributed by atoms with Crippen LogP contribution < -0.4 is 9.62 Å². The smallest absolute Gasteiger partial charge is 0.264 e. The van der Waals surface area contributed by atoms with Gasteiger partial charge in [-0.2, -0.15) is 0 Å². The van der Waals surface area contributed by atoms with E-state index in [2.05, 4.69) is 5.32 Å². The average molecular weight is 477 g/mol. The molecule has 0 heterocycles. The van der Waals surface area contributed by atoms with Crippen LogP contribution in [0.1, 0.15) is 18.1 Å². The van der Waals surface area contributed by atoms with Crippen LogP contribution in [-0.4, -0.2) is 20.9 Å². The number of para-hydroxylation sites is 1. The number of amides is 1. The lowest BCUT2D eigenvalue weighted by Crippen LogP contribution is -2.38. The lowest BCUT2D eigenvalue weighted by Gasteiger charge is -2.25. The summed E-state index contributed by atoms with van der Waals surface area (Å²) in [5, 5.41) is 3.65. The van der Waals surface area contributed by atoms with Gasteiger partial charge in [0.15, 0.2) is 0 Å². The van der Waals surface area contributed by atoms with Crippen LogP contribution in [0.2, 0.25) is 10.0 Å². The predicted molar refractivity (Wildman–Crippen MR) is 127 cm³/mol. The van der Waals surface area contributed by atoms with E-state index in [0.717, 1.165) is 21.9 Å². The van der Waals surface area contributed by atoms with Crippen molar-refractivity contribution in [2.24, 2.45) is 0 Å². The van der Waals surface area contributed by atoms with Crippen molar-refractivity contribution in [3.05, 3.63) is 87.9 Å². The number of hydrogen-bond donors (Lipinski definition) is 1. The monoisotopic (exact) mass is 476 g/mol. The van der Waals surface area contributed by atoms with Gasteiger partial charge in [0.25, 0.3) is 10.0 Å². The Kier molecular flexibility index (Phi) is 7.26. The van der Waals surface area contributed by atoms with Crippen molar-refractivity contribution in [1.82, 2.24) is 0 Å². The first-order chi connectivity index (χ1) is 14.7. The van der Waals surface area contributed by atoms with E-state index in [0.29, 0.717) is 15.7 Å². The molecule has 1 N–H and O–H groups in total. The van der Waals surface area contributed by atoms with E-state index in [4.69, 9.17) is 23.2 Å². The highest BCUT2D eigenvalue weighted by molar-refractivity contribution is 7.92. The second-order valence-corrected chi connectivity index (χ2v) is 9.69. The minimum atomic E-state index is -4.05. The molecule has 0 bridgehead atoms. The summed E-state index contributed by atoms with van der Waals surface area (Å²) in [6.45, 7) is 3.48. The number of nitrogens with one attached hydrogen (secondary N) is 1. The number of nitrogens with zero attached hydrogens (tertiary/aromatic N) is 1. The Morgan fingerprint density at radius 3 is 2.29 bits per heavy atom. The third kappa shape index (κ3) is 5.39. The number of carbonyl (C=O) groups excluding carboxylic acids is 1. The summed E-state index contributed by atoms with van der Waals surface area (Å²) in [5.74, 6) is -0.457. The van der Waals surface area contributed by atoms with Crippen LogP contribution in [0.5, 0.6) is 0 Å². The molecular formula is C23H22Cl2N2O3S. The van der Waals surface area contributed by atoms with Crippen molar-refractivity contribution in [2.45, 2.75) is 25.2 Å². The molecular weight excluding hydrogens is 455 g/mol. The van der Waals surface area contributed by atoms with Gasteiger partial charge in [0, 0.05) is 15.7 Å². The fraction of sp³-hybridized carbons (Fsp3) is 0.174.